The number of hydrogen-bond donors (Lipinski definition) is 6. The standard InChI is InChI=1S/C43H61N5O14.C4H10N2O/c1-31(2)41(42(52)45-28-39(50)46-34-12-10-33(11-13-34)29-61-43(53)62-36-16-14-35(15-17-36)48(54)55)47-38(49)18-20-56-22-24-58-26-27-59-25-23-57-21-19-44-40(51)30-60-37-9-7-5-4-6-8-32(37)3;1-2-3-6-4(5)7/h10-17,31,37,41H,3-9,18-30H2,1-2H3,(H,44,51)(H,45,52)(H,46,50)(H,47,49);2-3H2,1H3,(H3,5,6,7). The summed E-state index contributed by atoms with van der Waals surface area (Å²) in [6, 6.07) is 10.0. The average Bonchev–Trinajstić information content (AvgIpc) is 3.31. The molecule has 0 heterocycles. The van der Waals surface area contributed by atoms with Crippen molar-refractivity contribution >= 4 is 47.2 Å². The Balaban J connectivity index is 0.00000216. The van der Waals surface area contributed by atoms with Gasteiger partial charge in [0, 0.05) is 37.3 Å². The van der Waals surface area contributed by atoms with E-state index in [2.05, 4.69) is 33.2 Å². The maximum atomic E-state index is 12.8. The molecule has 22 heteroatoms. The van der Waals surface area contributed by atoms with Crippen molar-refractivity contribution in [3.05, 3.63) is 76.4 Å². The number of hydrogen-bond acceptors (Lipinski definition) is 15. The van der Waals surface area contributed by atoms with Crippen LogP contribution in [0.3, 0.4) is 0 Å². The lowest BCUT2D eigenvalue weighted by atomic mass is 9.95. The molecule has 2 aromatic carbocycles. The van der Waals surface area contributed by atoms with E-state index in [1.54, 1.807) is 38.1 Å². The molecule has 7 N–H and O–H groups in total. The van der Waals surface area contributed by atoms with Gasteiger partial charge in [-0.05, 0) is 67.0 Å². The van der Waals surface area contributed by atoms with Gasteiger partial charge in [0.1, 0.15) is 25.0 Å². The number of primary amides is 1. The van der Waals surface area contributed by atoms with E-state index in [0.717, 1.165) is 37.7 Å². The third kappa shape index (κ3) is 28.7. The lowest BCUT2D eigenvalue weighted by Gasteiger charge is -2.22. The Morgan fingerprint density at radius 1 is 0.768 bits per heavy atom. The first-order chi connectivity index (χ1) is 33.2. The minimum Gasteiger partial charge on any atom is -0.429 e. The van der Waals surface area contributed by atoms with Crippen molar-refractivity contribution in [2.45, 2.75) is 90.9 Å². The van der Waals surface area contributed by atoms with Crippen molar-refractivity contribution in [1.82, 2.24) is 21.3 Å². The van der Waals surface area contributed by atoms with Crippen LogP contribution in [0.5, 0.6) is 5.75 Å². The Bertz CT molecular complexity index is 1870. The van der Waals surface area contributed by atoms with Gasteiger partial charge in [0.25, 0.3) is 5.69 Å². The summed E-state index contributed by atoms with van der Waals surface area (Å²) in [6.07, 6.45) is 6.42. The number of rotatable bonds is 30. The molecule has 384 valence electrons. The highest BCUT2D eigenvalue weighted by molar-refractivity contribution is 5.96. The fraction of sp³-hybridized carbons (Fsp3) is 0.574. The van der Waals surface area contributed by atoms with E-state index < -0.39 is 35.0 Å². The van der Waals surface area contributed by atoms with Crippen LogP contribution in [0.2, 0.25) is 0 Å². The van der Waals surface area contributed by atoms with Gasteiger partial charge >= 0.3 is 12.2 Å². The number of nitro benzene ring substituents is 1. The molecule has 0 radical (unpaired) electrons. The van der Waals surface area contributed by atoms with Crippen LogP contribution in [0.4, 0.5) is 21.0 Å². The first kappa shape index (κ1) is 58.9. The molecule has 1 saturated carbocycles. The van der Waals surface area contributed by atoms with E-state index in [0.29, 0.717) is 64.0 Å². The predicted octanol–water partition coefficient (Wildman–Crippen LogP) is 4.44. The van der Waals surface area contributed by atoms with Gasteiger partial charge in [-0.3, -0.25) is 29.3 Å². The van der Waals surface area contributed by atoms with Crippen molar-refractivity contribution in [3.8, 4) is 5.75 Å². The molecule has 2 aromatic rings. The van der Waals surface area contributed by atoms with Gasteiger partial charge in [-0.25, -0.2) is 9.59 Å². The third-order valence-electron chi connectivity index (χ3n) is 9.82. The van der Waals surface area contributed by atoms with E-state index in [-0.39, 0.29) is 74.7 Å². The van der Waals surface area contributed by atoms with Gasteiger partial charge in [-0.15, -0.1) is 0 Å². The van der Waals surface area contributed by atoms with Crippen LogP contribution in [0.25, 0.3) is 0 Å². The molecule has 0 aliphatic heterocycles. The Kier molecular flexibility index (Phi) is 30.6. The van der Waals surface area contributed by atoms with Crippen LogP contribution in [-0.4, -0.2) is 132 Å². The molecular formula is C47H71N7O15. The minimum absolute atomic E-state index is 0.0152. The molecule has 1 aliphatic rings. The second-order valence-electron chi connectivity index (χ2n) is 15.9. The number of non-ortho nitro benzene ring substituents is 1. The molecule has 0 aromatic heterocycles. The molecule has 6 amide bonds. The molecule has 2 unspecified atom stereocenters. The molecule has 1 fully saturated rings. The lowest BCUT2D eigenvalue weighted by molar-refractivity contribution is -0.384. The Morgan fingerprint density at radius 2 is 1.39 bits per heavy atom. The third-order valence-corrected chi connectivity index (χ3v) is 9.82. The Hall–Kier alpha value is -6.20. The number of nitrogens with one attached hydrogen (secondary N) is 5. The summed E-state index contributed by atoms with van der Waals surface area (Å²) in [6.45, 7) is 12.8. The molecule has 0 spiro atoms. The SMILES string of the molecule is C=C1CCCCCCC1OCC(=O)NCCOCCOCCOCCOCCC(=O)NC(C(=O)NCC(=O)Nc1ccc(COC(=O)Oc2ccc([N+](=O)[O-])cc2)cc1)C(C)C.CCCNC(N)=O. The van der Waals surface area contributed by atoms with Crippen LogP contribution < -0.4 is 37.1 Å². The van der Waals surface area contributed by atoms with Gasteiger partial charge in [-0.2, -0.15) is 0 Å². The summed E-state index contributed by atoms with van der Waals surface area (Å²) in [5.41, 5.74) is 6.68. The van der Waals surface area contributed by atoms with Crippen LogP contribution in [0, 0.1) is 16.0 Å². The van der Waals surface area contributed by atoms with Crippen molar-refractivity contribution in [3.63, 3.8) is 0 Å². The number of amides is 6. The quantitative estimate of drug-likeness (QED) is 0.0158. The zero-order valence-electron chi connectivity index (χ0n) is 40.1. The van der Waals surface area contributed by atoms with Crippen molar-refractivity contribution in [1.29, 1.82) is 0 Å². The molecule has 3 rings (SSSR count). The molecule has 2 atom stereocenters. The first-order valence-corrected chi connectivity index (χ1v) is 23.1. The topological polar surface area (TPSA) is 296 Å². The number of carbonyl (C=O) groups is 6. The molecular weight excluding hydrogens is 903 g/mol. The predicted molar refractivity (Wildman–Crippen MR) is 254 cm³/mol. The van der Waals surface area contributed by atoms with Crippen LogP contribution in [0.1, 0.15) is 77.7 Å². The summed E-state index contributed by atoms with van der Waals surface area (Å²) in [5, 5.41) is 23.9. The Morgan fingerprint density at radius 3 is 1.99 bits per heavy atom. The summed E-state index contributed by atoms with van der Waals surface area (Å²) in [4.78, 5) is 82.0. The highest BCUT2D eigenvalue weighted by Crippen LogP contribution is 2.23. The van der Waals surface area contributed by atoms with E-state index in [4.69, 9.17) is 38.9 Å². The second-order valence-corrected chi connectivity index (χ2v) is 15.9. The van der Waals surface area contributed by atoms with Gasteiger partial charge in [0.05, 0.1) is 70.4 Å². The number of urea groups is 1. The molecule has 1 aliphatic carbocycles. The second kappa shape index (κ2) is 35.9. The molecule has 0 saturated heterocycles. The van der Waals surface area contributed by atoms with Crippen molar-refractivity contribution < 1.29 is 66.8 Å². The lowest BCUT2D eigenvalue weighted by Crippen LogP contribution is -2.51. The van der Waals surface area contributed by atoms with E-state index >= 15 is 0 Å². The van der Waals surface area contributed by atoms with Crippen LogP contribution in [0.15, 0.2) is 60.7 Å². The monoisotopic (exact) mass is 974 g/mol. The number of carbonyl (C=O) groups excluding carboxylic acids is 6. The highest BCUT2D eigenvalue weighted by atomic mass is 16.7. The first-order valence-electron chi connectivity index (χ1n) is 23.1. The normalized spacial score (nSPS) is 13.9. The van der Waals surface area contributed by atoms with Crippen LogP contribution >= 0.6 is 0 Å². The maximum absolute atomic E-state index is 12.8. The summed E-state index contributed by atoms with van der Waals surface area (Å²) in [7, 11) is 0. The maximum Gasteiger partial charge on any atom is 0.514 e. The van der Waals surface area contributed by atoms with Gasteiger partial charge in [0.15, 0.2) is 0 Å². The fourth-order valence-corrected chi connectivity index (χ4v) is 6.12. The Labute approximate surface area is 403 Å². The highest BCUT2D eigenvalue weighted by Gasteiger charge is 2.24. The zero-order chi connectivity index (χ0) is 50.7. The van der Waals surface area contributed by atoms with E-state index in [9.17, 15) is 38.9 Å². The number of benzene rings is 2. The smallest absolute Gasteiger partial charge is 0.429 e. The van der Waals surface area contributed by atoms with Gasteiger partial charge in [0.2, 0.25) is 23.6 Å². The summed E-state index contributed by atoms with van der Waals surface area (Å²) >= 11 is 0. The fourth-order valence-electron chi connectivity index (χ4n) is 6.12. The molecule has 0 bridgehead atoms. The number of nitro groups is 1. The van der Waals surface area contributed by atoms with Crippen molar-refractivity contribution in [2.75, 3.05) is 84.4 Å². The van der Waals surface area contributed by atoms with Crippen LogP contribution in [-0.2, 0) is 54.2 Å². The minimum atomic E-state index is -0.999. The summed E-state index contributed by atoms with van der Waals surface area (Å²) < 4.78 is 37.8. The molecule has 22 nitrogen and oxygen atoms in total. The number of anilines is 1. The number of nitrogens with two attached hydrogens (primary N) is 1. The molecule has 69 heavy (non-hydrogen) atoms. The van der Waals surface area contributed by atoms with Gasteiger partial charge in [-0.1, -0.05) is 58.7 Å². The summed E-state index contributed by atoms with van der Waals surface area (Å²) in [5.74, 6) is -1.74. The average molecular weight is 974 g/mol. The van der Waals surface area contributed by atoms with Gasteiger partial charge < -0.3 is 65.5 Å². The van der Waals surface area contributed by atoms with E-state index in [1.165, 1.54) is 37.1 Å². The van der Waals surface area contributed by atoms with Crippen molar-refractivity contribution in [2.24, 2.45) is 11.7 Å². The number of nitrogens with zero attached hydrogens (tertiary/aromatic N) is 1. The largest absolute Gasteiger partial charge is 0.514 e. The number of ether oxygens (including phenoxy) is 7. The zero-order valence-corrected chi connectivity index (χ0v) is 40.1. The van der Waals surface area contributed by atoms with E-state index in [1.807, 2.05) is 6.92 Å².